The van der Waals surface area contributed by atoms with E-state index in [1.54, 1.807) is 11.5 Å². The molecule has 0 spiro atoms. The van der Waals surface area contributed by atoms with Gasteiger partial charge in [-0.15, -0.1) is 0 Å². The van der Waals surface area contributed by atoms with Crippen molar-refractivity contribution in [2.24, 2.45) is 0 Å². The zero-order valence-corrected chi connectivity index (χ0v) is 9.63. The van der Waals surface area contributed by atoms with E-state index in [0.717, 1.165) is 0 Å². The summed E-state index contributed by atoms with van der Waals surface area (Å²) in [5, 5.41) is 2.76. The summed E-state index contributed by atoms with van der Waals surface area (Å²) >= 11 is 3.46. The van der Waals surface area contributed by atoms with Crippen LogP contribution in [0.1, 0.15) is 43.2 Å². The van der Waals surface area contributed by atoms with Crippen molar-refractivity contribution in [3.63, 3.8) is 0 Å². The fraction of sp³-hybridized carbons (Fsp3) is 0.667. The first kappa shape index (κ1) is 10.1. The van der Waals surface area contributed by atoms with Crippen LogP contribution >= 0.6 is 23.3 Å². The molecule has 0 amide bonds. The Balaban J connectivity index is 2.91. The first-order valence-corrected chi connectivity index (χ1v) is 6.26. The lowest BCUT2D eigenvalue weighted by Gasteiger charge is -2.10. The monoisotopic (exact) mass is 201 g/mol. The van der Waals surface area contributed by atoms with E-state index in [1.165, 1.54) is 11.3 Å². The smallest absolute Gasteiger partial charge is 0.0610 e. The topological polar surface area (TPSA) is 12.9 Å². The Hall–Kier alpha value is -0.0200. The largest absolute Gasteiger partial charge is 0.197 e. The van der Waals surface area contributed by atoms with Crippen molar-refractivity contribution in [1.82, 2.24) is 4.37 Å². The van der Waals surface area contributed by atoms with E-state index >= 15 is 0 Å². The Morgan fingerprint density at radius 2 is 2.08 bits per heavy atom. The van der Waals surface area contributed by atoms with Crippen LogP contribution in [0.25, 0.3) is 0 Å². The van der Waals surface area contributed by atoms with Gasteiger partial charge in [0, 0.05) is 10.6 Å². The van der Waals surface area contributed by atoms with Crippen molar-refractivity contribution in [2.45, 2.75) is 31.9 Å². The summed E-state index contributed by atoms with van der Waals surface area (Å²) in [5.41, 5.74) is 2.70. The second kappa shape index (κ2) is 4.28. The van der Waals surface area contributed by atoms with Crippen molar-refractivity contribution in [3.05, 3.63) is 16.6 Å². The Labute approximate surface area is 82.7 Å². The third-order valence-corrected chi connectivity index (χ3v) is 3.59. The predicted molar refractivity (Wildman–Crippen MR) is 58.1 cm³/mol. The lowest BCUT2D eigenvalue weighted by Crippen LogP contribution is -1.95. The fourth-order valence-electron chi connectivity index (χ4n) is 1.12. The van der Waals surface area contributed by atoms with Crippen LogP contribution in [-0.2, 0) is 0 Å². The average molecular weight is 201 g/mol. The second-order valence-corrected chi connectivity index (χ2v) is 5.00. The number of nitrogens with zero attached hydrogens (tertiary/aromatic N) is 1. The van der Waals surface area contributed by atoms with Gasteiger partial charge in [0.1, 0.15) is 0 Å². The Morgan fingerprint density at radius 1 is 1.42 bits per heavy atom. The molecule has 1 nitrogen and oxygen atoms in total. The maximum atomic E-state index is 4.41. The van der Waals surface area contributed by atoms with Crippen molar-refractivity contribution in [2.75, 3.05) is 6.26 Å². The van der Waals surface area contributed by atoms with Gasteiger partial charge < -0.3 is 0 Å². The van der Waals surface area contributed by atoms with Gasteiger partial charge in [-0.3, -0.25) is 0 Å². The van der Waals surface area contributed by atoms with E-state index in [2.05, 4.69) is 36.8 Å². The van der Waals surface area contributed by atoms with E-state index in [0.29, 0.717) is 11.2 Å². The minimum atomic E-state index is 0.556. The molecule has 0 saturated carbocycles. The standard InChI is InChI=1S/C9H15NS2/c1-6(2)9-8(5-12-10-9)7(3)11-4/h5-7H,1-4H3. The van der Waals surface area contributed by atoms with Gasteiger partial charge in [0.15, 0.2) is 0 Å². The number of rotatable bonds is 3. The van der Waals surface area contributed by atoms with Crippen LogP contribution in [0, 0.1) is 0 Å². The molecule has 0 N–H and O–H groups in total. The van der Waals surface area contributed by atoms with E-state index in [1.807, 2.05) is 11.8 Å². The average Bonchev–Trinajstić information content (AvgIpc) is 2.50. The molecule has 0 fully saturated rings. The van der Waals surface area contributed by atoms with Crippen molar-refractivity contribution >= 4 is 23.3 Å². The van der Waals surface area contributed by atoms with Crippen LogP contribution in [-0.4, -0.2) is 10.6 Å². The van der Waals surface area contributed by atoms with Gasteiger partial charge in [-0.1, -0.05) is 13.8 Å². The number of hydrogen-bond donors (Lipinski definition) is 0. The molecule has 68 valence electrons. The molecule has 12 heavy (non-hydrogen) atoms. The highest BCUT2D eigenvalue weighted by molar-refractivity contribution is 7.98. The van der Waals surface area contributed by atoms with Crippen LogP contribution in [0.4, 0.5) is 0 Å². The van der Waals surface area contributed by atoms with Crippen LogP contribution in [0.5, 0.6) is 0 Å². The first-order valence-electron chi connectivity index (χ1n) is 4.13. The number of hydrogen-bond acceptors (Lipinski definition) is 3. The van der Waals surface area contributed by atoms with Gasteiger partial charge in [-0.2, -0.15) is 16.1 Å². The lowest BCUT2D eigenvalue weighted by atomic mass is 10.1. The number of thioether (sulfide) groups is 1. The molecule has 1 unspecified atom stereocenters. The van der Waals surface area contributed by atoms with Crippen molar-refractivity contribution in [1.29, 1.82) is 0 Å². The van der Waals surface area contributed by atoms with Gasteiger partial charge in [0.05, 0.1) is 5.69 Å². The normalized spacial score (nSPS) is 13.8. The molecule has 1 heterocycles. The summed E-state index contributed by atoms with van der Waals surface area (Å²) < 4.78 is 4.41. The Morgan fingerprint density at radius 3 is 2.58 bits per heavy atom. The lowest BCUT2D eigenvalue weighted by molar-refractivity contribution is 0.818. The molecule has 1 atom stereocenters. The minimum Gasteiger partial charge on any atom is -0.197 e. The summed E-state index contributed by atoms with van der Waals surface area (Å²) in [4.78, 5) is 0. The molecule has 0 aromatic carbocycles. The van der Waals surface area contributed by atoms with Gasteiger partial charge in [-0.25, -0.2) is 0 Å². The summed E-state index contributed by atoms with van der Waals surface area (Å²) in [7, 11) is 0. The third-order valence-electron chi connectivity index (χ3n) is 1.96. The zero-order valence-electron chi connectivity index (χ0n) is 8.00. The van der Waals surface area contributed by atoms with E-state index in [-0.39, 0.29) is 0 Å². The minimum absolute atomic E-state index is 0.556. The highest BCUT2D eigenvalue weighted by Crippen LogP contribution is 2.32. The zero-order chi connectivity index (χ0) is 9.14. The fourth-order valence-corrected chi connectivity index (χ4v) is 2.57. The van der Waals surface area contributed by atoms with E-state index in [4.69, 9.17) is 0 Å². The molecule has 1 rings (SSSR count). The predicted octanol–water partition coefficient (Wildman–Crippen LogP) is 3.69. The molecule has 0 aliphatic heterocycles. The van der Waals surface area contributed by atoms with Crippen LogP contribution in [0.2, 0.25) is 0 Å². The SMILES string of the molecule is CSC(C)c1csnc1C(C)C. The molecule has 0 aliphatic rings. The summed E-state index contributed by atoms with van der Waals surface area (Å²) in [6, 6.07) is 0. The van der Waals surface area contributed by atoms with Crippen molar-refractivity contribution in [3.8, 4) is 0 Å². The second-order valence-electron chi connectivity index (χ2n) is 3.19. The van der Waals surface area contributed by atoms with Gasteiger partial charge in [0.25, 0.3) is 0 Å². The van der Waals surface area contributed by atoms with Gasteiger partial charge in [-0.05, 0) is 36.2 Å². The van der Waals surface area contributed by atoms with Crippen LogP contribution < -0.4 is 0 Å². The molecule has 0 aliphatic carbocycles. The Bertz CT molecular complexity index is 242. The molecule has 1 aromatic rings. The number of aromatic nitrogens is 1. The van der Waals surface area contributed by atoms with E-state index < -0.39 is 0 Å². The summed E-state index contributed by atoms with van der Waals surface area (Å²) in [6.07, 6.45) is 2.15. The molecule has 0 bridgehead atoms. The Kier molecular flexibility index (Phi) is 3.59. The molecule has 0 radical (unpaired) electrons. The molecule has 1 aromatic heterocycles. The van der Waals surface area contributed by atoms with Crippen LogP contribution in [0.3, 0.4) is 0 Å². The first-order chi connectivity index (χ1) is 5.66. The van der Waals surface area contributed by atoms with E-state index in [9.17, 15) is 0 Å². The maximum absolute atomic E-state index is 4.41. The molecule has 3 heteroatoms. The molecular weight excluding hydrogens is 186 g/mol. The van der Waals surface area contributed by atoms with Crippen molar-refractivity contribution < 1.29 is 0 Å². The van der Waals surface area contributed by atoms with Gasteiger partial charge in [0.2, 0.25) is 0 Å². The summed E-state index contributed by atoms with van der Waals surface area (Å²) in [5.74, 6) is 0.556. The highest BCUT2D eigenvalue weighted by Gasteiger charge is 2.14. The van der Waals surface area contributed by atoms with Gasteiger partial charge >= 0.3 is 0 Å². The maximum Gasteiger partial charge on any atom is 0.0610 e. The quantitative estimate of drug-likeness (QED) is 0.739. The molecule has 0 saturated heterocycles. The highest BCUT2D eigenvalue weighted by atomic mass is 32.2. The van der Waals surface area contributed by atoms with Crippen LogP contribution in [0.15, 0.2) is 5.38 Å². The molecular formula is C9H15NS2. The third kappa shape index (κ3) is 2.02. The summed E-state index contributed by atoms with van der Waals surface area (Å²) in [6.45, 7) is 6.64.